The Morgan fingerprint density at radius 1 is 1.17 bits per heavy atom. The number of amides is 4. The first-order chi connectivity index (χ1) is 13.9. The molecular formula is C21H21N3O4S. The molecule has 1 atom stereocenters. The summed E-state index contributed by atoms with van der Waals surface area (Å²) < 4.78 is 5.15. The zero-order valence-corrected chi connectivity index (χ0v) is 17.0. The number of imide groups is 1. The van der Waals surface area contributed by atoms with Crippen molar-refractivity contribution in [1.29, 1.82) is 0 Å². The molecular weight excluding hydrogens is 390 g/mol. The Morgan fingerprint density at radius 2 is 1.90 bits per heavy atom. The Labute approximate surface area is 173 Å². The van der Waals surface area contributed by atoms with Gasteiger partial charge in [0.15, 0.2) is 0 Å². The largest absolute Gasteiger partial charge is 0.497 e. The molecule has 7 nitrogen and oxygen atoms in total. The van der Waals surface area contributed by atoms with Crippen LogP contribution in [0.15, 0.2) is 53.4 Å². The van der Waals surface area contributed by atoms with Crippen LogP contribution in [0.5, 0.6) is 5.75 Å². The third kappa shape index (κ3) is 3.33. The van der Waals surface area contributed by atoms with Gasteiger partial charge in [0.2, 0.25) is 5.91 Å². The second kappa shape index (κ2) is 7.44. The highest BCUT2D eigenvalue weighted by Gasteiger charge is 2.49. The molecule has 4 rings (SSSR count). The number of urea groups is 1. The number of carbonyl (C=O) groups excluding carboxylic acids is 3. The van der Waals surface area contributed by atoms with E-state index in [4.69, 9.17) is 4.74 Å². The minimum absolute atomic E-state index is 0.278. The number of thioether (sulfide) groups is 1. The predicted octanol–water partition coefficient (Wildman–Crippen LogP) is 2.60. The van der Waals surface area contributed by atoms with Crippen molar-refractivity contribution in [2.75, 3.05) is 30.9 Å². The van der Waals surface area contributed by atoms with Crippen LogP contribution in [0, 0.1) is 0 Å². The molecule has 0 bridgehead atoms. The summed E-state index contributed by atoms with van der Waals surface area (Å²) in [5.74, 6) is 0.704. The summed E-state index contributed by atoms with van der Waals surface area (Å²) in [6, 6.07) is 14.0. The zero-order chi connectivity index (χ0) is 20.6. The summed E-state index contributed by atoms with van der Waals surface area (Å²) in [6.45, 7) is 1.89. The number of ether oxygens (including phenoxy) is 1. The molecule has 0 aliphatic carbocycles. The molecule has 1 unspecified atom stereocenters. The minimum atomic E-state index is -1.22. The minimum Gasteiger partial charge on any atom is -0.497 e. The maximum Gasteiger partial charge on any atom is 0.325 e. The van der Waals surface area contributed by atoms with Gasteiger partial charge in [-0.15, -0.1) is 11.8 Å². The zero-order valence-electron chi connectivity index (χ0n) is 16.2. The van der Waals surface area contributed by atoms with Gasteiger partial charge in [-0.1, -0.05) is 24.3 Å². The molecule has 2 aromatic rings. The van der Waals surface area contributed by atoms with Crippen LogP contribution >= 0.6 is 11.8 Å². The summed E-state index contributed by atoms with van der Waals surface area (Å²) in [7, 11) is 1.56. The number of carbonyl (C=O) groups is 3. The van der Waals surface area contributed by atoms with Gasteiger partial charge in [0, 0.05) is 17.2 Å². The van der Waals surface area contributed by atoms with Crippen molar-refractivity contribution in [1.82, 2.24) is 10.2 Å². The summed E-state index contributed by atoms with van der Waals surface area (Å²) in [4.78, 5) is 42.3. The molecule has 0 aromatic heterocycles. The molecule has 0 radical (unpaired) electrons. The molecule has 1 fully saturated rings. The first-order valence-electron chi connectivity index (χ1n) is 9.25. The number of rotatable bonds is 4. The summed E-state index contributed by atoms with van der Waals surface area (Å²) in [5, 5.41) is 2.73. The van der Waals surface area contributed by atoms with Gasteiger partial charge in [0.1, 0.15) is 17.8 Å². The van der Waals surface area contributed by atoms with Crippen LogP contribution in [0.4, 0.5) is 10.5 Å². The topological polar surface area (TPSA) is 79.0 Å². The lowest BCUT2D eigenvalue weighted by Gasteiger charge is -2.30. The monoisotopic (exact) mass is 411 g/mol. The van der Waals surface area contributed by atoms with Crippen LogP contribution in [0.25, 0.3) is 0 Å². The van der Waals surface area contributed by atoms with Crippen molar-refractivity contribution < 1.29 is 19.1 Å². The Morgan fingerprint density at radius 3 is 2.62 bits per heavy atom. The van der Waals surface area contributed by atoms with Crippen molar-refractivity contribution in [2.24, 2.45) is 0 Å². The van der Waals surface area contributed by atoms with E-state index in [1.54, 1.807) is 55.0 Å². The van der Waals surface area contributed by atoms with E-state index in [-0.39, 0.29) is 12.5 Å². The molecule has 2 aliphatic heterocycles. The summed E-state index contributed by atoms with van der Waals surface area (Å²) in [5.41, 5.74) is 0.226. The highest BCUT2D eigenvalue weighted by Crippen LogP contribution is 2.35. The van der Waals surface area contributed by atoms with Crippen LogP contribution in [0.1, 0.15) is 12.5 Å². The van der Waals surface area contributed by atoms with Gasteiger partial charge < -0.3 is 15.0 Å². The van der Waals surface area contributed by atoms with Gasteiger partial charge in [-0.2, -0.15) is 0 Å². The highest BCUT2D eigenvalue weighted by atomic mass is 32.2. The van der Waals surface area contributed by atoms with E-state index in [9.17, 15) is 14.4 Å². The fourth-order valence-corrected chi connectivity index (χ4v) is 4.60. The molecule has 0 spiro atoms. The molecule has 29 heavy (non-hydrogen) atoms. The van der Waals surface area contributed by atoms with Crippen LogP contribution in [0.3, 0.4) is 0 Å². The smallest absolute Gasteiger partial charge is 0.325 e. The number of hydrogen-bond donors (Lipinski definition) is 1. The molecule has 1 saturated heterocycles. The number of fused-ring (bicyclic) bond motifs is 1. The lowest BCUT2D eigenvalue weighted by Crippen LogP contribution is -2.46. The van der Waals surface area contributed by atoms with Crippen LogP contribution in [-0.2, 0) is 15.1 Å². The molecule has 1 N–H and O–H groups in total. The van der Waals surface area contributed by atoms with Crippen LogP contribution in [-0.4, -0.2) is 48.7 Å². The molecule has 2 heterocycles. The number of nitrogens with zero attached hydrogens (tertiary/aromatic N) is 2. The first-order valence-corrected chi connectivity index (χ1v) is 10.2. The SMILES string of the molecule is COc1ccc(C2(C)NC(=O)N(CC(=O)N3CCSc4ccccc43)C2=O)cc1. The lowest BCUT2D eigenvalue weighted by atomic mass is 9.92. The third-order valence-corrected chi connectivity index (χ3v) is 6.31. The number of anilines is 1. The van der Waals surface area contributed by atoms with Crippen molar-refractivity contribution in [3.8, 4) is 5.75 Å². The number of para-hydroxylation sites is 1. The number of hydrogen-bond acceptors (Lipinski definition) is 5. The molecule has 2 aliphatic rings. The predicted molar refractivity (Wildman–Crippen MR) is 110 cm³/mol. The van der Waals surface area contributed by atoms with Crippen molar-refractivity contribution >= 4 is 35.3 Å². The molecule has 2 aromatic carbocycles. The Bertz CT molecular complexity index is 978. The number of benzene rings is 2. The van der Waals surface area contributed by atoms with Gasteiger partial charge in [-0.05, 0) is 36.8 Å². The molecule has 4 amide bonds. The summed E-state index contributed by atoms with van der Waals surface area (Å²) in [6.07, 6.45) is 0. The van der Waals surface area contributed by atoms with Gasteiger partial charge in [0.05, 0.1) is 12.8 Å². The van der Waals surface area contributed by atoms with Crippen molar-refractivity contribution in [3.63, 3.8) is 0 Å². The van der Waals surface area contributed by atoms with E-state index in [0.29, 0.717) is 17.9 Å². The van der Waals surface area contributed by atoms with Gasteiger partial charge in [-0.25, -0.2) is 4.79 Å². The fourth-order valence-electron chi connectivity index (χ4n) is 3.61. The average molecular weight is 411 g/mol. The number of methoxy groups -OCH3 is 1. The van der Waals surface area contributed by atoms with Crippen LogP contribution < -0.4 is 15.0 Å². The standard InChI is InChI=1S/C21H21N3O4S/c1-21(14-7-9-15(28-2)10-8-14)19(26)24(20(27)22-21)13-18(25)23-11-12-29-17-6-4-3-5-16(17)23/h3-10H,11-13H2,1-2H3,(H,22,27). The van der Waals surface area contributed by atoms with E-state index in [1.165, 1.54) is 0 Å². The maximum atomic E-state index is 13.1. The van der Waals surface area contributed by atoms with E-state index >= 15 is 0 Å². The van der Waals surface area contributed by atoms with Gasteiger partial charge >= 0.3 is 6.03 Å². The van der Waals surface area contributed by atoms with Crippen LogP contribution in [0.2, 0.25) is 0 Å². The molecule has 0 saturated carbocycles. The van der Waals surface area contributed by atoms with E-state index < -0.39 is 17.5 Å². The Kier molecular flexibility index (Phi) is 4.96. The van der Waals surface area contributed by atoms with Gasteiger partial charge in [0.25, 0.3) is 5.91 Å². The lowest BCUT2D eigenvalue weighted by molar-refractivity contribution is -0.134. The average Bonchev–Trinajstić information content (AvgIpc) is 2.97. The van der Waals surface area contributed by atoms with E-state index in [0.717, 1.165) is 21.2 Å². The van der Waals surface area contributed by atoms with E-state index in [1.807, 2.05) is 24.3 Å². The van der Waals surface area contributed by atoms with Gasteiger partial charge in [-0.3, -0.25) is 14.5 Å². The van der Waals surface area contributed by atoms with E-state index in [2.05, 4.69) is 5.32 Å². The Hall–Kier alpha value is -3.00. The highest BCUT2D eigenvalue weighted by molar-refractivity contribution is 7.99. The van der Waals surface area contributed by atoms with Crippen molar-refractivity contribution in [3.05, 3.63) is 54.1 Å². The Balaban J connectivity index is 1.55. The second-order valence-electron chi connectivity index (χ2n) is 7.04. The number of nitrogens with one attached hydrogen (secondary N) is 1. The normalized spacial score (nSPS) is 21.0. The molecule has 8 heteroatoms. The van der Waals surface area contributed by atoms with Crippen molar-refractivity contribution in [2.45, 2.75) is 17.4 Å². The quantitative estimate of drug-likeness (QED) is 0.783. The maximum absolute atomic E-state index is 13.1. The third-order valence-electron chi connectivity index (χ3n) is 5.27. The molecule has 150 valence electrons. The fraction of sp³-hybridized carbons (Fsp3) is 0.286. The first kappa shape index (κ1) is 19.3. The second-order valence-corrected chi connectivity index (χ2v) is 8.17. The summed E-state index contributed by atoms with van der Waals surface area (Å²) >= 11 is 1.69.